The van der Waals surface area contributed by atoms with Gasteiger partial charge < -0.3 is 14.8 Å². The molecule has 1 aliphatic heterocycles. The second-order valence-corrected chi connectivity index (χ2v) is 5.58. The number of anilines is 1. The maximum absolute atomic E-state index is 12.4. The molecule has 116 valence electrons. The minimum Gasteiger partial charge on any atom is -0.495 e. The Labute approximate surface area is 130 Å². The quantitative estimate of drug-likeness (QED) is 0.929. The molecule has 21 heavy (non-hydrogen) atoms. The van der Waals surface area contributed by atoms with E-state index in [1.54, 1.807) is 19.2 Å². The first-order valence-electron chi connectivity index (χ1n) is 6.99. The van der Waals surface area contributed by atoms with Gasteiger partial charge in [0.25, 0.3) is 0 Å². The van der Waals surface area contributed by atoms with Crippen molar-refractivity contribution >= 4 is 23.2 Å². The Morgan fingerprint density at radius 1 is 1.29 bits per heavy atom. The van der Waals surface area contributed by atoms with E-state index in [-0.39, 0.29) is 11.9 Å². The predicted octanol–water partition coefficient (Wildman–Crippen LogP) is 2.78. The minimum atomic E-state index is -0.106. The Morgan fingerprint density at radius 2 is 2.00 bits per heavy atom. The Balaban J connectivity index is 2.19. The van der Waals surface area contributed by atoms with Crippen molar-refractivity contribution in [3.05, 3.63) is 17.2 Å². The van der Waals surface area contributed by atoms with Gasteiger partial charge in [-0.3, -0.25) is 9.69 Å². The number of hydrogen-bond acceptors (Lipinski definition) is 4. The minimum absolute atomic E-state index is 0.0279. The zero-order valence-electron chi connectivity index (χ0n) is 12.6. The molecule has 0 spiro atoms. The summed E-state index contributed by atoms with van der Waals surface area (Å²) < 4.78 is 10.5. The molecule has 0 aliphatic carbocycles. The first-order valence-corrected chi connectivity index (χ1v) is 7.37. The van der Waals surface area contributed by atoms with Crippen LogP contribution >= 0.6 is 11.6 Å². The van der Waals surface area contributed by atoms with Crippen LogP contribution in [0.25, 0.3) is 0 Å². The summed E-state index contributed by atoms with van der Waals surface area (Å²) in [6.45, 7) is 0.944. The van der Waals surface area contributed by atoms with E-state index in [0.717, 1.165) is 25.8 Å². The van der Waals surface area contributed by atoms with Crippen LogP contribution in [0.4, 0.5) is 5.69 Å². The highest BCUT2D eigenvalue weighted by atomic mass is 35.5. The molecule has 1 aromatic carbocycles. The standard InChI is InChI=1S/C15H21ClN2O3/c1-18-7-5-4-6-12(18)15(19)17-11-9-13(20-2)10(16)8-14(11)21-3/h8-9,12H,4-7H2,1-3H3,(H,17,19). The van der Waals surface area contributed by atoms with Gasteiger partial charge in [-0.25, -0.2) is 0 Å². The number of benzene rings is 1. The third kappa shape index (κ3) is 3.60. The van der Waals surface area contributed by atoms with Crippen LogP contribution in [-0.4, -0.2) is 44.7 Å². The molecule has 0 aromatic heterocycles. The summed E-state index contributed by atoms with van der Waals surface area (Å²) >= 11 is 6.06. The lowest BCUT2D eigenvalue weighted by Crippen LogP contribution is -2.44. The van der Waals surface area contributed by atoms with Gasteiger partial charge in [0.15, 0.2) is 0 Å². The highest BCUT2D eigenvalue weighted by Gasteiger charge is 2.26. The van der Waals surface area contributed by atoms with Crippen molar-refractivity contribution in [2.45, 2.75) is 25.3 Å². The van der Waals surface area contributed by atoms with E-state index in [9.17, 15) is 4.79 Å². The number of carbonyl (C=O) groups is 1. The highest BCUT2D eigenvalue weighted by Crippen LogP contribution is 2.36. The summed E-state index contributed by atoms with van der Waals surface area (Å²) in [5.41, 5.74) is 0.572. The third-order valence-electron chi connectivity index (χ3n) is 3.80. The van der Waals surface area contributed by atoms with E-state index in [2.05, 4.69) is 10.2 Å². The molecule has 0 bridgehead atoms. The smallest absolute Gasteiger partial charge is 0.241 e. The van der Waals surface area contributed by atoms with E-state index in [1.807, 2.05) is 7.05 Å². The number of likely N-dealkylation sites (tertiary alicyclic amines) is 1. The van der Waals surface area contributed by atoms with Gasteiger partial charge in [-0.1, -0.05) is 18.0 Å². The predicted molar refractivity (Wildman–Crippen MR) is 83.5 cm³/mol. The number of piperidine rings is 1. The molecule has 1 aliphatic rings. The van der Waals surface area contributed by atoms with Crippen molar-refractivity contribution < 1.29 is 14.3 Å². The second kappa shape index (κ2) is 7.00. The number of rotatable bonds is 4. The second-order valence-electron chi connectivity index (χ2n) is 5.17. The SMILES string of the molecule is COc1cc(NC(=O)C2CCCCN2C)c(OC)cc1Cl. The van der Waals surface area contributed by atoms with Gasteiger partial charge in [-0.2, -0.15) is 0 Å². The third-order valence-corrected chi connectivity index (χ3v) is 4.10. The molecule has 1 aromatic rings. The van der Waals surface area contributed by atoms with Gasteiger partial charge in [0.2, 0.25) is 5.91 Å². The fourth-order valence-corrected chi connectivity index (χ4v) is 2.81. The topological polar surface area (TPSA) is 50.8 Å². The Bertz CT molecular complexity index is 522. The average molecular weight is 313 g/mol. The summed E-state index contributed by atoms with van der Waals surface area (Å²) in [6.07, 6.45) is 3.08. The van der Waals surface area contributed by atoms with E-state index in [0.29, 0.717) is 22.2 Å². The molecule has 5 nitrogen and oxygen atoms in total. The fraction of sp³-hybridized carbons (Fsp3) is 0.533. The van der Waals surface area contributed by atoms with Gasteiger partial charge in [0.1, 0.15) is 11.5 Å². The summed E-state index contributed by atoms with van der Waals surface area (Å²) in [5, 5.41) is 3.37. The Hall–Kier alpha value is -1.46. The molecule has 1 fully saturated rings. The number of likely N-dealkylation sites (N-methyl/N-ethyl adjacent to an activating group) is 1. The highest BCUT2D eigenvalue weighted by molar-refractivity contribution is 6.32. The molecular weight excluding hydrogens is 292 g/mol. The lowest BCUT2D eigenvalue weighted by atomic mass is 10.0. The zero-order valence-corrected chi connectivity index (χ0v) is 13.4. The van der Waals surface area contributed by atoms with Crippen molar-refractivity contribution in [3.8, 4) is 11.5 Å². The monoisotopic (exact) mass is 312 g/mol. The van der Waals surface area contributed by atoms with Crippen LogP contribution in [-0.2, 0) is 4.79 Å². The van der Waals surface area contributed by atoms with Crippen LogP contribution in [0.3, 0.4) is 0 Å². The Morgan fingerprint density at radius 3 is 2.62 bits per heavy atom. The van der Waals surface area contributed by atoms with Crippen LogP contribution in [0, 0.1) is 0 Å². The molecule has 1 atom stereocenters. The Kier molecular flexibility index (Phi) is 5.31. The molecule has 1 unspecified atom stereocenters. The van der Waals surface area contributed by atoms with Crippen LogP contribution in [0.5, 0.6) is 11.5 Å². The normalized spacial score (nSPS) is 19.1. The number of ether oxygens (including phenoxy) is 2. The van der Waals surface area contributed by atoms with E-state index in [4.69, 9.17) is 21.1 Å². The number of carbonyl (C=O) groups excluding carboxylic acids is 1. The molecule has 1 N–H and O–H groups in total. The lowest BCUT2D eigenvalue weighted by molar-refractivity contribution is -0.121. The summed E-state index contributed by atoms with van der Waals surface area (Å²) in [4.78, 5) is 14.5. The largest absolute Gasteiger partial charge is 0.495 e. The van der Waals surface area contributed by atoms with Crippen molar-refractivity contribution in [2.24, 2.45) is 0 Å². The van der Waals surface area contributed by atoms with Crippen LogP contribution < -0.4 is 14.8 Å². The van der Waals surface area contributed by atoms with Crippen molar-refractivity contribution in [1.29, 1.82) is 0 Å². The van der Waals surface area contributed by atoms with Crippen LogP contribution in [0.2, 0.25) is 5.02 Å². The van der Waals surface area contributed by atoms with Gasteiger partial charge in [0.05, 0.1) is 31.0 Å². The summed E-state index contributed by atoms with van der Waals surface area (Å²) in [6, 6.07) is 3.22. The number of nitrogens with one attached hydrogen (secondary N) is 1. The van der Waals surface area contributed by atoms with E-state index < -0.39 is 0 Å². The average Bonchev–Trinajstić information content (AvgIpc) is 2.48. The zero-order chi connectivity index (χ0) is 15.4. The van der Waals surface area contributed by atoms with Crippen molar-refractivity contribution in [2.75, 3.05) is 33.1 Å². The van der Waals surface area contributed by atoms with Crippen molar-refractivity contribution in [1.82, 2.24) is 4.90 Å². The molecule has 6 heteroatoms. The molecule has 0 saturated carbocycles. The van der Waals surface area contributed by atoms with Crippen LogP contribution in [0.15, 0.2) is 12.1 Å². The van der Waals surface area contributed by atoms with Crippen LogP contribution in [0.1, 0.15) is 19.3 Å². The molecule has 0 radical (unpaired) electrons. The molecule has 1 amide bonds. The maximum atomic E-state index is 12.4. The number of hydrogen-bond donors (Lipinski definition) is 1. The van der Waals surface area contributed by atoms with Gasteiger partial charge in [0, 0.05) is 12.1 Å². The van der Waals surface area contributed by atoms with Crippen molar-refractivity contribution in [3.63, 3.8) is 0 Å². The number of amides is 1. The maximum Gasteiger partial charge on any atom is 0.241 e. The molecule has 2 rings (SSSR count). The number of halogens is 1. The lowest BCUT2D eigenvalue weighted by Gasteiger charge is -2.31. The fourth-order valence-electron chi connectivity index (χ4n) is 2.58. The first kappa shape index (κ1) is 15.9. The number of methoxy groups -OCH3 is 2. The van der Waals surface area contributed by atoms with Gasteiger partial charge >= 0.3 is 0 Å². The molecule has 1 saturated heterocycles. The summed E-state index contributed by atoms with van der Waals surface area (Å²) in [5.74, 6) is 0.997. The van der Waals surface area contributed by atoms with Gasteiger partial charge in [-0.15, -0.1) is 0 Å². The molecule has 1 heterocycles. The van der Waals surface area contributed by atoms with E-state index in [1.165, 1.54) is 7.11 Å². The molecular formula is C15H21ClN2O3. The summed E-state index contributed by atoms with van der Waals surface area (Å²) in [7, 11) is 5.05. The number of nitrogens with zero attached hydrogens (tertiary/aromatic N) is 1. The van der Waals surface area contributed by atoms with Gasteiger partial charge in [-0.05, 0) is 26.4 Å². The van der Waals surface area contributed by atoms with E-state index >= 15 is 0 Å². The first-order chi connectivity index (χ1) is 10.1.